The van der Waals surface area contributed by atoms with Crippen molar-refractivity contribution >= 4 is 30.4 Å². The molecule has 1 aliphatic rings. The quantitative estimate of drug-likeness (QED) is 0.0874. The van der Waals surface area contributed by atoms with Gasteiger partial charge in [-0.15, -0.1) is 0 Å². The highest BCUT2D eigenvalue weighted by Gasteiger charge is 2.52. The summed E-state index contributed by atoms with van der Waals surface area (Å²) in [4.78, 5) is 13.6. The molecule has 0 bridgehead atoms. The lowest BCUT2D eigenvalue weighted by atomic mass is 9.97. The molecule has 1 fully saturated rings. The van der Waals surface area contributed by atoms with Gasteiger partial charge in [0.2, 0.25) is 0 Å². The van der Waals surface area contributed by atoms with E-state index in [0.29, 0.717) is 16.6 Å². The molecular formula is C35H35N2O9P. The maximum absolute atomic E-state index is 14.5. The third-order valence-corrected chi connectivity index (χ3v) is 9.25. The summed E-state index contributed by atoms with van der Waals surface area (Å²) in [7, 11) is -4.53. The molecule has 1 aromatic heterocycles. The summed E-state index contributed by atoms with van der Waals surface area (Å²) in [6.07, 6.45) is -5.25. The third kappa shape index (κ3) is 7.48. The van der Waals surface area contributed by atoms with Crippen molar-refractivity contribution in [2.24, 2.45) is 0 Å². The summed E-state index contributed by atoms with van der Waals surface area (Å²) in [6.45, 7) is -0.915. The fraction of sp³-hybridized carbons (Fsp3) is 0.229. The van der Waals surface area contributed by atoms with E-state index in [-0.39, 0.29) is 24.5 Å². The molecule has 244 valence electrons. The van der Waals surface area contributed by atoms with Gasteiger partial charge in [0.25, 0.3) is 0 Å². The Labute approximate surface area is 271 Å². The standard InChI is InChI=1S/C35H35N2O9P/c36-28-17-9-8-16-27(28)35(40)45-33-32(31(39)30(21-38)44-34(33)37-20-19-26-15-7-10-18-29(26)37)46-47(41,42-22-24-11-3-1-4-12-24)43-23-25-13-5-2-6-14-25/h1-20,30-34,38-39H,21-23,36H2/t30-,31-,32+,33-,34-/m1/s1. The van der Waals surface area contributed by atoms with Crippen LogP contribution in [0.15, 0.2) is 121 Å². The van der Waals surface area contributed by atoms with Gasteiger partial charge in [0.1, 0.15) is 18.3 Å². The number of esters is 1. The van der Waals surface area contributed by atoms with Gasteiger partial charge in [0, 0.05) is 11.9 Å². The Morgan fingerprint density at radius 2 is 1.40 bits per heavy atom. The van der Waals surface area contributed by atoms with Crippen molar-refractivity contribution in [3.8, 4) is 0 Å². The van der Waals surface area contributed by atoms with E-state index >= 15 is 0 Å². The number of fused-ring (bicyclic) bond motifs is 1. The fourth-order valence-corrected chi connectivity index (χ4v) is 6.78. The molecule has 0 radical (unpaired) electrons. The van der Waals surface area contributed by atoms with Gasteiger partial charge < -0.3 is 30.0 Å². The minimum atomic E-state index is -4.53. The zero-order chi connectivity index (χ0) is 32.8. The van der Waals surface area contributed by atoms with Crippen LogP contribution in [0, 0.1) is 0 Å². The number of ether oxygens (including phenoxy) is 2. The highest BCUT2D eigenvalue weighted by Crippen LogP contribution is 2.54. The highest BCUT2D eigenvalue weighted by molar-refractivity contribution is 7.48. The van der Waals surface area contributed by atoms with E-state index in [1.54, 1.807) is 77.5 Å². The molecule has 0 aliphatic carbocycles. The second-order valence-electron chi connectivity index (χ2n) is 11.0. The molecule has 47 heavy (non-hydrogen) atoms. The van der Waals surface area contributed by atoms with Crippen LogP contribution in [0.5, 0.6) is 0 Å². The number of anilines is 1. The minimum Gasteiger partial charge on any atom is -0.451 e. The number of phosphoric ester groups is 1. The van der Waals surface area contributed by atoms with Crippen LogP contribution in [0.4, 0.5) is 5.69 Å². The first-order valence-corrected chi connectivity index (χ1v) is 16.5. The van der Waals surface area contributed by atoms with Crippen LogP contribution in [0.3, 0.4) is 0 Å². The number of nitrogens with zero attached hydrogens (tertiary/aromatic N) is 1. The lowest BCUT2D eigenvalue weighted by Crippen LogP contribution is -2.58. The van der Waals surface area contributed by atoms with Crippen LogP contribution in [0.2, 0.25) is 0 Å². The second-order valence-corrected chi connectivity index (χ2v) is 12.6. The van der Waals surface area contributed by atoms with E-state index in [9.17, 15) is 19.6 Å². The van der Waals surface area contributed by atoms with Gasteiger partial charge in [-0.1, -0.05) is 91.0 Å². The Hall–Kier alpha value is -4.32. The number of aliphatic hydroxyl groups is 2. The van der Waals surface area contributed by atoms with Crippen molar-refractivity contribution in [1.82, 2.24) is 4.57 Å². The van der Waals surface area contributed by atoms with Gasteiger partial charge in [-0.05, 0) is 40.8 Å². The smallest absolute Gasteiger partial charge is 0.451 e. The second kappa shape index (κ2) is 14.6. The maximum atomic E-state index is 14.5. The van der Waals surface area contributed by atoms with E-state index in [0.717, 1.165) is 5.39 Å². The number of benzene rings is 4. The molecule has 0 spiro atoms. The lowest BCUT2D eigenvalue weighted by Gasteiger charge is -2.44. The minimum absolute atomic E-state index is 0.0740. The number of aliphatic hydroxyl groups excluding tert-OH is 2. The topological polar surface area (TPSA) is 152 Å². The molecule has 4 N–H and O–H groups in total. The van der Waals surface area contributed by atoms with E-state index < -0.39 is 51.0 Å². The number of aromatic nitrogens is 1. The van der Waals surface area contributed by atoms with Gasteiger partial charge >= 0.3 is 13.8 Å². The zero-order valence-corrected chi connectivity index (χ0v) is 26.2. The average Bonchev–Trinajstić information content (AvgIpc) is 3.53. The number of nitrogen functional groups attached to an aromatic ring is 1. The van der Waals surface area contributed by atoms with Gasteiger partial charge in [-0.3, -0.25) is 13.6 Å². The van der Waals surface area contributed by atoms with Crippen LogP contribution in [-0.4, -0.2) is 51.8 Å². The number of hydrogen-bond acceptors (Lipinski definition) is 10. The monoisotopic (exact) mass is 658 g/mol. The summed E-state index contributed by atoms with van der Waals surface area (Å²) < 4.78 is 46.2. The molecule has 11 nitrogen and oxygen atoms in total. The maximum Gasteiger partial charge on any atom is 0.475 e. The van der Waals surface area contributed by atoms with Crippen molar-refractivity contribution in [3.63, 3.8) is 0 Å². The zero-order valence-electron chi connectivity index (χ0n) is 25.3. The first-order chi connectivity index (χ1) is 22.8. The predicted octanol–water partition coefficient (Wildman–Crippen LogP) is 5.63. The number of carbonyl (C=O) groups is 1. The Bertz CT molecular complexity index is 1790. The van der Waals surface area contributed by atoms with Crippen molar-refractivity contribution in [3.05, 3.63) is 138 Å². The SMILES string of the molecule is Nc1ccccc1C(=O)O[C@@H]1[C@@H](OP(=O)(OCc2ccccc2)OCc2ccccc2)[C@H](O)[C@@H](CO)O[C@H]1n1ccc2ccccc21. The van der Waals surface area contributed by atoms with Crippen LogP contribution < -0.4 is 5.73 Å². The third-order valence-electron chi connectivity index (χ3n) is 7.86. The van der Waals surface area contributed by atoms with Crippen molar-refractivity contribution in [2.45, 2.75) is 43.9 Å². The normalized spacial score (nSPS) is 21.4. The molecule has 0 amide bonds. The van der Waals surface area contributed by atoms with Crippen molar-refractivity contribution < 1.29 is 42.6 Å². The first-order valence-electron chi connectivity index (χ1n) is 15.1. The summed E-state index contributed by atoms with van der Waals surface area (Å²) in [5, 5.41) is 22.7. The van der Waals surface area contributed by atoms with Crippen LogP contribution in [0.1, 0.15) is 27.7 Å². The number of nitrogens with two attached hydrogens (primary N) is 1. The van der Waals surface area contributed by atoms with Crippen LogP contribution in [-0.2, 0) is 40.8 Å². The number of para-hydroxylation sites is 2. The van der Waals surface area contributed by atoms with E-state index in [1.807, 2.05) is 42.5 Å². The Kier molecular flexibility index (Phi) is 10.1. The molecule has 6 rings (SSSR count). The average molecular weight is 659 g/mol. The van der Waals surface area contributed by atoms with Crippen LogP contribution in [0.25, 0.3) is 10.9 Å². The van der Waals surface area contributed by atoms with Gasteiger partial charge in [0.05, 0.1) is 30.9 Å². The first kappa shape index (κ1) is 32.6. The molecular weight excluding hydrogens is 623 g/mol. The highest BCUT2D eigenvalue weighted by atomic mass is 31.2. The molecule has 1 saturated heterocycles. The summed E-state index contributed by atoms with van der Waals surface area (Å²) >= 11 is 0. The molecule has 1 aliphatic heterocycles. The molecule has 2 heterocycles. The number of carbonyl (C=O) groups excluding carboxylic acids is 1. The van der Waals surface area contributed by atoms with E-state index in [1.165, 1.54) is 6.07 Å². The predicted molar refractivity (Wildman–Crippen MR) is 174 cm³/mol. The molecule has 5 atom stereocenters. The lowest BCUT2D eigenvalue weighted by molar-refractivity contribution is -0.247. The molecule has 12 heteroatoms. The summed E-state index contributed by atoms with van der Waals surface area (Å²) in [5.41, 5.74) is 8.44. The number of phosphoric acid groups is 1. The largest absolute Gasteiger partial charge is 0.475 e. The molecule has 4 aromatic carbocycles. The summed E-state index contributed by atoms with van der Waals surface area (Å²) in [5.74, 6) is -0.827. The van der Waals surface area contributed by atoms with Crippen LogP contribution >= 0.6 is 7.82 Å². The van der Waals surface area contributed by atoms with E-state index in [2.05, 4.69) is 0 Å². The van der Waals surface area contributed by atoms with Gasteiger partial charge in [0.15, 0.2) is 12.3 Å². The molecule has 5 aromatic rings. The Morgan fingerprint density at radius 1 is 0.809 bits per heavy atom. The van der Waals surface area contributed by atoms with Crippen molar-refractivity contribution in [1.29, 1.82) is 0 Å². The molecule has 0 saturated carbocycles. The summed E-state index contributed by atoms with van der Waals surface area (Å²) in [6, 6.07) is 33.7. The van der Waals surface area contributed by atoms with E-state index in [4.69, 9.17) is 28.8 Å². The Balaban J connectivity index is 1.39. The van der Waals surface area contributed by atoms with Gasteiger partial charge in [-0.2, -0.15) is 0 Å². The number of hydrogen-bond donors (Lipinski definition) is 3. The van der Waals surface area contributed by atoms with Gasteiger partial charge in [-0.25, -0.2) is 9.36 Å². The fourth-order valence-electron chi connectivity index (χ4n) is 5.43. The Morgan fingerprint density at radius 3 is 2.04 bits per heavy atom. The molecule has 0 unspecified atom stereocenters. The van der Waals surface area contributed by atoms with Crippen molar-refractivity contribution in [2.75, 3.05) is 12.3 Å². The number of rotatable bonds is 12.